The zero-order valence-electron chi connectivity index (χ0n) is 20.3. The van der Waals surface area contributed by atoms with Crippen molar-refractivity contribution in [2.45, 2.75) is 13.8 Å². The van der Waals surface area contributed by atoms with E-state index in [1.807, 2.05) is 74.5 Å². The molecule has 0 aliphatic heterocycles. The van der Waals surface area contributed by atoms with E-state index in [0.29, 0.717) is 21.1 Å². The summed E-state index contributed by atoms with van der Waals surface area (Å²) in [6.07, 6.45) is 0. The van der Waals surface area contributed by atoms with E-state index in [9.17, 15) is 4.79 Å². The summed E-state index contributed by atoms with van der Waals surface area (Å²) in [7, 11) is 0. The fraction of sp³-hybridized carbons (Fsp3) is 0.0690. The van der Waals surface area contributed by atoms with Crippen molar-refractivity contribution in [1.82, 2.24) is 9.97 Å². The molecule has 0 radical (unpaired) electrons. The molecule has 9 heteroatoms. The predicted molar refractivity (Wildman–Crippen MR) is 167 cm³/mol. The maximum Gasteiger partial charge on any atom is 0.217 e. The number of fused-ring (bicyclic) bond motifs is 2. The Morgan fingerprint density at radius 2 is 1.05 bits per heavy atom. The summed E-state index contributed by atoms with van der Waals surface area (Å²) < 4.78 is 1.98. The number of aryl methyl sites for hydroxylation is 2. The Morgan fingerprint density at radius 3 is 1.42 bits per heavy atom. The van der Waals surface area contributed by atoms with Crippen LogP contribution < -0.4 is 11.5 Å². The Hall–Kier alpha value is -3.11. The van der Waals surface area contributed by atoms with Crippen LogP contribution in [0.3, 0.4) is 0 Å². The molecule has 0 aliphatic rings. The molecule has 6 aromatic rings. The highest BCUT2D eigenvalue weighted by Gasteiger charge is 2.27. The smallest absolute Gasteiger partial charge is 0.217 e. The number of nitrogen functional groups attached to an aromatic ring is 2. The van der Waals surface area contributed by atoms with Crippen LogP contribution in [0.25, 0.3) is 42.7 Å². The Bertz CT molecular complexity index is 1750. The third kappa shape index (κ3) is 4.23. The molecule has 0 unspecified atom stereocenters. The van der Waals surface area contributed by atoms with E-state index < -0.39 is 0 Å². The second-order valence-electron chi connectivity index (χ2n) is 9.02. The Kier molecular flexibility index (Phi) is 6.34. The van der Waals surface area contributed by atoms with Gasteiger partial charge in [-0.1, -0.05) is 56.1 Å². The van der Waals surface area contributed by atoms with Crippen LogP contribution in [0, 0.1) is 13.8 Å². The molecule has 2 aromatic carbocycles. The molecular weight excluding hydrogens is 644 g/mol. The lowest BCUT2D eigenvalue weighted by atomic mass is 10.0. The lowest BCUT2D eigenvalue weighted by molar-refractivity contribution is 0.104. The van der Waals surface area contributed by atoms with Gasteiger partial charge in [0.2, 0.25) is 5.78 Å². The molecule has 0 saturated carbocycles. The SMILES string of the molecule is Cc1cc(-c2ccc(Br)cc2)c2c(N)c(C(=O)c3sc4nc(C)cc(-c5ccc(Br)cc5)c4c3N)sc2n1. The van der Waals surface area contributed by atoms with Crippen molar-refractivity contribution in [3.8, 4) is 22.3 Å². The van der Waals surface area contributed by atoms with Crippen molar-refractivity contribution in [3.63, 3.8) is 0 Å². The number of rotatable bonds is 4. The van der Waals surface area contributed by atoms with E-state index in [0.717, 1.165) is 63.0 Å². The van der Waals surface area contributed by atoms with Crippen molar-refractivity contribution < 1.29 is 4.79 Å². The number of hydrogen-bond acceptors (Lipinski definition) is 7. The average molecular weight is 664 g/mol. The molecule has 4 heterocycles. The molecule has 0 amide bonds. The number of carbonyl (C=O) groups excluding carboxylic acids is 1. The van der Waals surface area contributed by atoms with Gasteiger partial charge in [0.1, 0.15) is 19.4 Å². The maximum atomic E-state index is 14.0. The van der Waals surface area contributed by atoms with Gasteiger partial charge < -0.3 is 11.5 Å². The van der Waals surface area contributed by atoms with E-state index in [2.05, 4.69) is 31.9 Å². The standard InChI is InChI=1S/C29H20Br2N4OS2/c1-13-11-19(15-3-7-17(30)8-4-15)21-23(32)26(37-28(21)34-13)25(36)27-24(33)22-20(12-14(2)35-29(22)38-27)16-5-9-18(31)10-6-16/h3-12H,32-33H2,1-2H3. The van der Waals surface area contributed by atoms with E-state index in [1.165, 1.54) is 22.7 Å². The molecule has 0 aliphatic carbocycles. The molecule has 0 spiro atoms. The molecule has 4 aromatic heterocycles. The molecule has 6 rings (SSSR count). The van der Waals surface area contributed by atoms with Crippen LogP contribution in [-0.2, 0) is 0 Å². The molecule has 4 N–H and O–H groups in total. The third-order valence-corrected chi connectivity index (χ3v) is 9.63. The van der Waals surface area contributed by atoms with E-state index in [1.54, 1.807) is 0 Å². The number of pyridine rings is 2. The van der Waals surface area contributed by atoms with Crippen LogP contribution in [0.1, 0.15) is 25.9 Å². The summed E-state index contributed by atoms with van der Waals surface area (Å²) in [5.41, 5.74) is 19.8. The minimum atomic E-state index is -0.204. The van der Waals surface area contributed by atoms with Crippen LogP contribution in [0.2, 0.25) is 0 Å². The lowest BCUT2D eigenvalue weighted by Gasteiger charge is -2.07. The highest BCUT2D eigenvalue weighted by molar-refractivity contribution is 9.10. The Labute approximate surface area is 243 Å². The summed E-state index contributed by atoms with van der Waals surface area (Å²) in [4.78, 5) is 25.7. The van der Waals surface area contributed by atoms with E-state index in [4.69, 9.17) is 21.4 Å². The monoisotopic (exact) mass is 662 g/mol. The highest BCUT2D eigenvalue weighted by atomic mass is 79.9. The van der Waals surface area contributed by atoms with Gasteiger partial charge in [-0.3, -0.25) is 4.79 Å². The molecule has 0 fully saturated rings. The number of nitrogens with zero attached hydrogens (tertiary/aromatic N) is 2. The van der Waals surface area contributed by atoms with Gasteiger partial charge in [-0.05, 0) is 72.5 Å². The number of anilines is 2. The number of aromatic nitrogens is 2. The number of benzene rings is 2. The largest absolute Gasteiger partial charge is 0.397 e. The van der Waals surface area contributed by atoms with Crippen molar-refractivity contribution in [1.29, 1.82) is 0 Å². The van der Waals surface area contributed by atoms with E-state index >= 15 is 0 Å². The molecule has 0 saturated heterocycles. The zero-order valence-corrected chi connectivity index (χ0v) is 25.1. The number of carbonyl (C=O) groups is 1. The highest BCUT2D eigenvalue weighted by Crippen LogP contribution is 2.45. The number of halogens is 2. The molecule has 5 nitrogen and oxygen atoms in total. The molecule has 0 atom stereocenters. The number of nitrogens with two attached hydrogens (primary N) is 2. The predicted octanol–water partition coefficient (Wildman–Crippen LogP) is 8.78. The normalized spacial score (nSPS) is 11.5. The van der Waals surface area contributed by atoms with Crippen molar-refractivity contribution in [2.24, 2.45) is 0 Å². The van der Waals surface area contributed by atoms with Gasteiger partial charge in [0.05, 0.1) is 11.4 Å². The quantitative estimate of drug-likeness (QED) is 0.184. The first kappa shape index (κ1) is 25.2. The number of hydrogen-bond donors (Lipinski definition) is 2. The minimum Gasteiger partial charge on any atom is -0.397 e. The van der Waals surface area contributed by atoms with Crippen molar-refractivity contribution in [2.75, 3.05) is 11.5 Å². The first-order chi connectivity index (χ1) is 18.2. The number of ketones is 1. The van der Waals surface area contributed by atoms with Gasteiger partial charge in [0.25, 0.3) is 0 Å². The summed E-state index contributed by atoms with van der Waals surface area (Å²) >= 11 is 9.61. The maximum absolute atomic E-state index is 14.0. The topological polar surface area (TPSA) is 94.9 Å². The van der Waals surface area contributed by atoms with Crippen LogP contribution in [0.5, 0.6) is 0 Å². The van der Waals surface area contributed by atoms with Gasteiger partial charge in [0, 0.05) is 31.1 Å². The van der Waals surface area contributed by atoms with Crippen LogP contribution >= 0.6 is 54.5 Å². The van der Waals surface area contributed by atoms with Gasteiger partial charge in [-0.25, -0.2) is 9.97 Å². The second-order valence-corrected chi connectivity index (χ2v) is 12.8. The lowest BCUT2D eigenvalue weighted by Crippen LogP contribution is -2.03. The summed E-state index contributed by atoms with van der Waals surface area (Å²) in [6.45, 7) is 3.89. The van der Waals surface area contributed by atoms with Crippen LogP contribution in [-0.4, -0.2) is 15.8 Å². The van der Waals surface area contributed by atoms with Crippen molar-refractivity contribution >= 4 is 92.1 Å². The zero-order chi connectivity index (χ0) is 26.7. The average Bonchev–Trinajstić information content (AvgIpc) is 3.40. The van der Waals surface area contributed by atoms with Gasteiger partial charge in [0.15, 0.2) is 0 Å². The fourth-order valence-electron chi connectivity index (χ4n) is 4.64. The van der Waals surface area contributed by atoms with Crippen LogP contribution in [0.15, 0.2) is 69.6 Å². The summed E-state index contributed by atoms with van der Waals surface area (Å²) in [5.74, 6) is -0.204. The van der Waals surface area contributed by atoms with Crippen LogP contribution in [0.4, 0.5) is 11.4 Å². The first-order valence-corrected chi connectivity index (χ1v) is 14.9. The van der Waals surface area contributed by atoms with Gasteiger partial charge in [-0.15, -0.1) is 22.7 Å². The number of thiophene rings is 2. The third-order valence-electron chi connectivity index (χ3n) is 6.38. The molecule has 38 heavy (non-hydrogen) atoms. The molecule has 0 bridgehead atoms. The first-order valence-electron chi connectivity index (χ1n) is 11.7. The van der Waals surface area contributed by atoms with Gasteiger partial charge in [-0.2, -0.15) is 0 Å². The molecular formula is C29H20Br2N4OS2. The minimum absolute atomic E-state index is 0.204. The van der Waals surface area contributed by atoms with Crippen molar-refractivity contribution in [3.05, 3.63) is 90.8 Å². The second kappa shape index (κ2) is 9.57. The summed E-state index contributed by atoms with van der Waals surface area (Å²) in [5, 5.41) is 1.57. The Morgan fingerprint density at radius 1 is 0.684 bits per heavy atom. The summed E-state index contributed by atoms with van der Waals surface area (Å²) in [6, 6.07) is 20.1. The fourth-order valence-corrected chi connectivity index (χ4v) is 7.46. The van der Waals surface area contributed by atoms with Gasteiger partial charge >= 0.3 is 0 Å². The molecule has 188 valence electrons. The Balaban J connectivity index is 1.53. The van der Waals surface area contributed by atoms with E-state index in [-0.39, 0.29) is 5.78 Å².